The number of nitrogens with one attached hydrogen (secondary N) is 1. The highest BCUT2D eigenvalue weighted by atomic mass is 32.2. The maximum atomic E-state index is 13.1. The van der Waals surface area contributed by atoms with Gasteiger partial charge in [0.05, 0.1) is 17.2 Å². The van der Waals surface area contributed by atoms with Crippen LogP contribution < -0.4 is 10.9 Å². The minimum Gasteiger partial charge on any atom is -0.383 e. The number of carbonyl (C=O) groups is 1. The van der Waals surface area contributed by atoms with E-state index in [1.165, 1.54) is 23.1 Å². The van der Waals surface area contributed by atoms with Crippen LogP contribution in [0.4, 0.5) is 0 Å². The number of fused-ring (bicyclic) bond motifs is 1. The van der Waals surface area contributed by atoms with Crippen LogP contribution in [0.15, 0.2) is 9.95 Å². The van der Waals surface area contributed by atoms with Crippen molar-refractivity contribution in [1.82, 2.24) is 14.9 Å². The van der Waals surface area contributed by atoms with E-state index in [1.807, 2.05) is 20.8 Å². The van der Waals surface area contributed by atoms with Crippen LogP contribution in [0.1, 0.15) is 37.1 Å². The molecule has 26 heavy (non-hydrogen) atoms. The SMILES string of the molecule is CCCCn1c(S[C@@H](C)C(=O)NCCOC)nc2sc(C)c(C)c2c1=O. The molecule has 0 aliphatic carbocycles. The van der Waals surface area contributed by atoms with Crippen LogP contribution in [0.2, 0.25) is 0 Å². The van der Waals surface area contributed by atoms with Gasteiger partial charge >= 0.3 is 0 Å². The minimum atomic E-state index is -0.341. The topological polar surface area (TPSA) is 73.2 Å². The maximum absolute atomic E-state index is 13.1. The van der Waals surface area contributed by atoms with E-state index in [2.05, 4.69) is 12.2 Å². The van der Waals surface area contributed by atoms with E-state index in [9.17, 15) is 9.59 Å². The van der Waals surface area contributed by atoms with Crippen molar-refractivity contribution in [2.45, 2.75) is 57.5 Å². The van der Waals surface area contributed by atoms with Crippen LogP contribution in [0, 0.1) is 13.8 Å². The van der Waals surface area contributed by atoms with Gasteiger partial charge in [0.2, 0.25) is 5.91 Å². The maximum Gasteiger partial charge on any atom is 0.263 e. The summed E-state index contributed by atoms with van der Waals surface area (Å²) in [5.41, 5.74) is 1.01. The molecule has 2 heterocycles. The molecule has 0 unspecified atom stereocenters. The minimum absolute atomic E-state index is 0.000193. The number of hydrogen-bond acceptors (Lipinski definition) is 6. The number of amides is 1. The van der Waals surface area contributed by atoms with Crippen LogP contribution in [-0.4, -0.2) is 41.0 Å². The summed E-state index contributed by atoms with van der Waals surface area (Å²) in [6.07, 6.45) is 1.89. The molecular formula is C18H27N3O3S2. The molecule has 0 bridgehead atoms. The molecular weight excluding hydrogens is 370 g/mol. The zero-order valence-corrected chi connectivity index (χ0v) is 17.7. The summed E-state index contributed by atoms with van der Waals surface area (Å²) in [7, 11) is 1.60. The second-order valence-electron chi connectivity index (χ2n) is 6.21. The van der Waals surface area contributed by atoms with Crippen molar-refractivity contribution in [3.05, 3.63) is 20.8 Å². The molecule has 1 N–H and O–H groups in total. The van der Waals surface area contributed by atoms with Crippen molar-refractivity contribution >= 4 is 39.2 Å². The summed E-state index contributed by atoms with van der Waals surface area (Å²) in [6.45, 7) is 9.47. The number of thioether (sulfide) groups is 1. The summed E-state index contributed by atoms with van der Waals surface area (Å²) >= 11 is 2.87. The van der Waals surface area contributed by atoms with Crippen molar-refractivity contribution in [2.24, 2.45) is 0 Å². The molecule has 0 spiro atoms. The lowest BCUT2D eigenvalue weighted by atomic mass is 10.2. The summed E-state index contributed by atoms with van der Waals surface area (Å²) < 4.78 is 6.68. The Kier molecular flexibility index (Phi) is 7.67. The smallest absolute Gasteiger partial charge is 0.263 e. The lowest BCUT2D eigenvalue weighted by molar-refractivity contribution is -0.120. The first-order valence-corrected chi connectivity index (χ1v) is 10.5. The predicted octanol–water partition coefficient (Wildman–Crippen LogP) is 3.12. The highest BCUT2D eigenvalue weighted by molar-refractivity contribution is 8.00. The van der Waals surface area contributed by atoms with Crippen LogP contribution in [0.25, 0.3) is 10.2 Å². The van der Waals surface area contributed by atoms with E-state index < -0.39 is 0 Å². The van der Waals surface area contributed by atoms with E-state index in [1.54, 1.807) is 11.7 Å². The highest BCUT2D eigenvalue weighted by Crippen LogP contribution is 2.29. The molecule has 1 amide bonds. The monoisotopic (exact) mass is 397 g/mol. The molecule has 0 saturated carbocycles. The number of aromatic nitrogens is 2. The third-order valence-electron chi connectivity index (χ3n) is 4.25. The third kappa shape index (κ3) is 4.66. The van der Waals surface area contributed by atoms with Crippen LogP contribution in [0.3, 0.4) is 0 Å². The normalized spacial score (nSPS) is 12.5. The van der Waals surface area contributed by atoms with Gasteiger partial charge in [0.25, 0.3) is 5.56 Å². The standard InChI is InChI=1S/C18H27N3O3S2/c1-6-7-9-21-17(23)14-11(2)12(3)25-16(14)20-18(21)26-13(4)15(22)19-8-10-24-5/h13H,6-10H2,1-5H3,(H,19,22)/t13-/m0/s1. The number of carbonyl (C=O) groups excluding carboxylic acids is 1. The molecule has 144 valence electrons. The zero-order valence-electron chi connectivity index (χ0n) is 16.0. The molecule has 0 saturated heterocycles. The molecule has 0 fully saturated rings. The lowest BCUT2D eigenvalue weighted by Gasteiger charge is -2.15. The number of unbranched alkanes of at least 4 members (excludes halogenated alkanes) is 1. The summed E-state index contributed by atoms with van der Waals surface area (Å²) in [5, 5.41) is 3.82. The number of nitrogens with zero attached hydrogens (tertiary/aromatic N) is 2. The summed E-state index contributed by atoms with van der Waals surface area (Å²) in [4.78, 5) is 31.9. The second-order valence-corrected chi connectivity index (χ2v) is 8.72. The van der Waals surface area contributed by atoms with Crippen LogP contribution in [-0.2, 0) is 16.1 Å². The van der Waals surface area contributed by atoms with E-state index in [-0.39, 0.29) is 16.7 Å². The molecule has 0 aromatic carbocycles. The number of methoxy groups -OCH3 is 1. The third-order valence-corrected chi connectivity index (χ3v) is 6.44. The number of ether oxygens (including phenoxy) is 1. The molecule has 2 aromatic heterocycles. The molecule has 6 nitrogen and oxygen atoms in total. The fourth-order valence-corrected chi connectivity index (χ4v) is 4.57. The van der Waals surface area contributed by atoms with E-state index in [0.29, 0.717) is 30.2 Å². The Balaban J connectivity index is 2.35. The molecule has 8 heteroatoms. The van der Waals surface area contributed by atoms with Gasteiger partial charge in [-0.05, 0) is 32.8 Å². The lowest BCUT2D eigenvalue weighted by Crippen LogP contribution is -2.34. The average molecular weight is 398 g/mol. The number of rotatable bonds is 9. The highest BCUT2D eigenvalue weighted by Gasteiger charge is 2.21. The Morgan fingerprint density at radius 2 is 2.15 bits per heavy atom. The Morgan fingerprint density at radius 1 is 1.42 bits per heavy atom. The first-order valence-electron chi connectivity index (χ1n) is 8.84. The van der Waals surface area contributed by atoms with E-state index in [0.717, 1.165) is 28.1 Å². The molecule has 0 radical (unpaired) electrons. The van der Waals surface area contributed by atoms with Crippen molar-refractivity contribution in [2.75, 3.05) is 20.3 Å². The second kappa shape index (κ2) is 9.53. The van der Waals surface area contributed by atoms with Crippen LogP contribution >= 0.6 is 23.1 Å². The van der Waals surface area contributed by atoms with E-state index >= 15 is 0 Å². The molecule has 1 atom stereocenters. The Morgan fingerprint density at radius 3 is 2.81 bits per heavy atom. The predicted molar refractivity (Wildman–Crippen MR) is 108 cm³/mol. The van der Waals surface area contributed by atoms with Gasteiger partial charge in [0, 0.05) is 25.1 Å². The average Bonchev–Trinajstić information content (AvgIpc) is 2.89. The molecule has 0 aliphatic rings. The van der Waals surface area contributed by atoms with Crippen molar-refractivity contribution in [3.63, 3.8) is 0 Å². The van der Waals surface area contributed by atoms with Gasteiger partial charge in [-0.15, -0.1) is 11.3 Å². The van der Waals surface area contributed by atoms with Crippen molar-refractivity contribution < 1.29 is 9.53 Å². The number of aryl methyl sites for hydroxylation is 2. The number of hydrogen-bond donors (Lipinski definition) is 1. The first-order chi connectivity index (χ1) is 12.4. The quantitative estimate of drug-likeness (QED) is 0.400. The molecule has 0 aliphatic heterocycles. The summed E-state index contributed by atoms with van der Waals surface area (Å²) in [6, 6.07) is 0. The van der Waals surface area contributed by atoms with E-state index in [4.69, 9.17) is 9.72 Å². The Bertz CT molecular complexity index is 829. The van der Waals surface area contributed by atoms with Gasteiger partial charge in [-0.25, -0.2) is 4.98 Å². The largest absolute Gasteiger partial charge is 0.383 e. The van der Waals surface area contributed by atoms with Crippen molar-refractivity contribution in [1.29, 1.82) is 0 Å². The van der Waals surface area contributed by atoms with Gasteiger partial charge in [-0.2, -0.15) is 0 Å². The Hall–Kier alpha value is -1.38. The fourth-order valence-electron chi connectivity index (χ4n) is 2.54. The van der Waals surface area contributed by atoms with Gasteiger partial charge in [-0.1, -0.05) is 25.1 Å². The summed E-state index contributed by atoms with van der Waals surface area (Å²) in [5.74, 6) is -0.0815. The van der Waals surface area contributed by atoms with Gasteiger partial charge in [-0.3, -0.25) is 14.2 Å². The Labute approximate surface area is 162 Å². The van der Waals surface area contributed by atoms with Gasteiger partial charge in [0.15, 0.2) is 5.16 Å². The van der Waals surface area contributed by atoms with Gasteiger partial charge < -0.3 is 10.1 Å². The first kappa shape index (κ1) is 20.9. The van der Waals surface area contributed by atoms with Crippen LogP contribution in [0.5, 0.6) is 0 Å². The molecule has 2 aromatic rings. The number of thiophene rings is 1. The fraction of sp³-hybridized carbons (Fsp3) is 0.611. The molecule has 2 rings (SSSR count). The zero-order chi connectivity index (χ0) is 19.3. The van der Waals surface area contributed by atoms with Crippen molar-refractivity contribution in [3.8, 4) is 0 Å². The van der Waals surface area contributed by atoms with Gasteiger partial charge in [0.1, 0.15) is 4.83 Å².